The summed E-state index contributed by atoms with van der Waals surface area (Å²) in [7, 11) is 0. The molecule has 0 unspecified atom stereocenters. The molecule has 1 aliphatic rings. The van der Waals surface area contributed by atoms with Crippen LogP contribution in [0.2, 0.25) is 0 Å². The van der Waals surface area contributed by atoms with E-state index >= 15 is 0 Å². The Balaban J connectivity index is 1.77. The second-order valence-corrected chi connectivity index (χ2v) is 5.57. The normalized spacial score (nSPS) is 19.5. The molecule has 84 valence electrons. The van der Waals surface area contributed by atoms with Crippen molar-refractivity contribution in [1.82, 2.24) is 10.3 Å². The van der Waals surface area contributed by atoms with Crippen molar-refractivity contribution in [2.45, 2.75) is 45.6 Å². The molecule has 1 fully saturated rings. The van der Waals surface area contributed by atoms with Gasteiger partial charge in [0.1, 0.15) is 5.01 Å². The second kappa shape index (κ2) is 5.08. The lowest BCUT2D eigenvalue weighted by molar-refractivity contribution is 0.268. The summed E-state index contributed by atoms with van der Waals surface area (Å²) in [5, 5.41) is 6.82. The van der Waals surface area contributed by atoms with Crippen molar-refractivity contribution >= 4 is 11.3 Å². The fourth-order valence-corrected chi connectivity index (χ4v) is 3.14. The minimum absolute atomic E-state index is 0.595. The van der Waals surface area contributed by atoms with Crippen LogP contribution in [-0.4, -0.2) is 11.5 Å². The molecule has 0 radical (unpaired) electrons. The number of thiazole rings is 1. The average Bonchev–Trinajstić information content (AvgIpc) is 2.89. The summed E-state index contributed by atoms with van der Waals surface area (Å²) in [4.78, 5) is 4.28. The van der Waals surface area contributed by atoms with Crippen molar-refractivity contribution in [2.24, 2.45) is 5.41 Å². The smallest absolute Gasteiger partial charge is 0.106 e. The van der Waals surface area contributed by atoms with Crippen LogP contribution in [0.4, 0.5) is 0 Å². The van der Waals surface area contributed by atoms with Crippen molar-refractivity contribution in [2.75, 3.05) is 6.54 Å². The quantitative estimate of drug-likeness (QED) is 0.830. The highest BCUT2D eigenvalue weighted by molar-refractivity contribution is 7.09. The van der Waals surface area contributed by atoms with Gasteiger partial charge in [-0.05, 0) is 24.7 Å². The molecule has 1 aliphatic carbocycles. The summed E-state index contributed by atoms with van der Waals surface area (Å²) in [5.41, 5.74) is 0.595. The van der Waals surface area contributed by atoms with Crippen molar-refractivity contribution in [3.63, 3.8) is 0 Å². The maximum Gasteiger partial charge on any atom is 0.106 e. The molecule has 1 aromatic heterocycles. The van der Waals surface area contributed by atoms with Gasteiger partial charge in [0.05, 0.1) is 0 Å². The summed E-state index contributed by atoms with van der Waals surface area (Å²) < 4.78 is 0. The summed E-state index contributed by atoms with van der Waals surface area (Å²) in [6.45, 7) is 4.44. The van der Waals surface area contributed by atoms with Crippen LogP contribution < -0.4 is 5.32 Å². The first kappa shape index (κ1) is 11.1. The molecule has 0 aliphatic heterocycles. The van der Waals surface area contributed by atoms with Gasteiger partial charge in [0.15, 0.2) is 0 Å². The van der Waals surface area contributed by atoms with E-state index in [1.54, 1.807) is 11.3 Å². The van der Waals surface area contributed by atoms with Gasteiger partial charge in [-0.15, -0.1) is 11.3 Å². The zero-order valence-corrected chi connectivity index (χ0v) is 10.3. The Hall–Kier alpha value is -0.410. The number of nitrogens with zero attached hydrogens (tertiary/aromatic N) is 1. The Kier molecular flexibility index (Phi) is 3.76. The van der Waals surface area contributed by atoms with E-state index in [1.165, 1.54) is 43.7 Å². The zero-order chi connectivity index (χ0) is 10.6. The Bertz CT molecular complexity index is 276. The van der Waals surface area contributed by atoms with Gasteiger partial charge in [0.25, 0.3) is 0 Å². The third-order valence-corrected chi connectivity index (χ3v) is 4.45. The van der Waals surface area contributed by atoms with Crippen LogP contribution in [0.5, 0.6) is 0 Å². The molecule has 0 saturated heterocycles. The van der Waals surface area contributed by atoms with Gasteiger partial charge in [0.2, 0.25) is 0 Å². The molecule has 15 heavy (non-hydrogen) atoms. The maximum atomic E-state index is 4.28. The number of hydrogen-bond donors (Lipinski definition) is 1. The first-order chi connectivity index (χ1) is 7.35. The molecule has 0 aromatic carbocycles. The van der Waals surface area contributed by atoms with Gasteiger partial charge in [-0.3, -0.25) is 0 Å². The molecule has 0 bridgehead atoms. The molecule has 0 atom stereocenters. The summed E-state index contributed by atoms with van der Waals surface area (Å²) in [6, 6.07) is 0. The highest BCUT2D eigenvalue weighted by Crippen LogP contribution is 2.40. The van der Waals surface area contributed by atoms with Crippen molar-refractivity contribution < 1.29 is 0 Å². The number of rotatable bonds is 5. The monoisotopic (exact) mass is 224 g/mol. The van der Waals surface area contributed by atoms with Gasteiger partial charge < -0.3 is 5.32 Å². The van der Waals surface area contributed by atoms with Crippen LogP contribution >= 0.6 is 11.3 Å². The average molecular weight is 224 g/mol. The molecule has 2 rings (SSSR count). The highest BCUT2D eigenvalue weighted by atomic mass is 32.1. The molecular weight excluding hydrogens is 204 g/mol. The van der Waals surface area contributed by atoms with Crippen LogP contribution in [0.15, 0.2) is 11.6 Å². The molecule has 1 N–H and O–H groups in total. The minimum atomic E-state index is 0.595. The van der Waals surface area contributed by atoms with Crippen molar-refractivity contribution in [3.05, 3.63) is 16.6 Å². The predicted octanol–water partition coefficient (Wildman–Crippen LogP) is 3.20. The van der Waals surface area contributed by atoms with E-state index in [0.29, 0.717) is 5.41 Å². The lowest BCUT2D eigenvalue weighted by Crippen LogP contribution is -2.31. The fourth-order valence-electron chi connectivity index (χ4n) is 2.56. The van der Waals surface area contributed by atoms with Crippen molar-refractivity contribution in [3.8, 4) is 0 Å². The SMILES string of the molecule is CCC1(CNCc2nccs2)CCCC1. The molecular formula is C12H20N2S. The highest BCUT2D eigenvalue weighted by Gasteiger charge is 2.31. The first-order valence-electron chi connectivity index (χ1n) is 5.94. The number of nitrogens with one attached hydrogen (secondary N) is 1. The Morgan fingerprint density at radius 2 is 2.27 bits per heavy atom. The Morgan fingerprint density at radius 3 is 2.87 bits per heavy atom. The second-order valence-electron chi connectivity index (χ2n) is 4.59. The van der Waals surface area contributed by atoms with E-state index in [9.17, 15) is 0 Å². The van der Waals surface area contributed by atoms with E-state index in [4.69, 9.17) is 0 Å². The van der Waals surface area contributed by atoms with Crippen LogP contribution in [0.1, 0.15) is 44.0 Å². The third-order valence-electron chi connectivity index (χ3n) is 3.67. The van der Waals surface area contributed by atoms with Gasteiger partial charge in [-0.2, -0.15) is 0 Å². The maximum absolute atomic E-state index is 4.28. The van der Waals surface area contributed by atoms with Gasteiger partial charge in [0, 0.05) is 24.7 Å². The lowest BCUT2D eigenvalue weighted by Gasteiger charge is -2.27. The molecule has 2 nitrogen and oxygen atoms in total. The Labute approximate surface area is 96.1 Å². The third kappa shape index (κ3) is 2.79. The molecule has 1 saturated carbocycles. The number of aromatic nitrogens is 1. The molecule has 0 amide bonds. The molecule has 1 heterocycles. The van der Waals surface area contributed by atoms with Crippen LogP contribution in [-0.2, 0) is 6.54 Å². The van der Waals surface area contributed by atoms with Crippen LogP contribution in [0.25, 0.3) is 0 Å². The standard InChI is InChI=1S/C12H20N2S/c1-2-12(5-3-4-6-12)10-13-9-11-14-7-8-15-11/h7-8,13H,2-6,9-10H2,1H3. The zero-order valence-electron chi connectivity index (χ0n) is 9.46. The summed E-state index contributed by atoms with van der Waals surface area (Å²) in [6.07, 6.45) is 8.87. The van der Waals surface area contributed by atoms with E-state index in [0.717, 1.165) is 6.54 Å². The van der Waals surface area contributed by atoms with Gasteiger partial charge in [-0.25, -0.2) is 4.98 Å². The molecule has 1 aromatic rings. The first-order valence-corrected chi connectivity index (χ1v) is 6.82. The topological polar surface area (TPSA) is 24.9 Å². The number of hydrogen-bond acceptors (Lipinski definition) is 3. The fraction of sp³-hybridized carbons (Fsp3) is 0.750. The molecule has 0 spiro atoms. The molecule has 3 heteroatoms. The van der Waals surface area contributed by atoms with Gasteiger partial charge >= 0.3 is 0 Å². The largest absolute Gasteiger partial charge is 0.310 e. The van der Waals surface area contributed by atoms with E-state index in [2.05, 4.69) is 17.2 Å². The van der Waals surface area contributed by atoms with Gasteiger partial charge in [-0.1, -0.05) is 19.8 Å². The van der Waals surface area contributed by atoms with Crippen molar-refractivity contribution in [1.29, 1.82) is 0 Å². The minimum Gasteiger partial charge on any atom is -0.310 e. The van der Waals surface area contributed by atoms with E-state index in [-0.39, 0.29) is 0 Å². The lowest BCUT2D eigenvalue weighted by atomic mass is 9.83. The van der Waals surface area contributed by atoms with Crippen LogP contribution in [0.3, 0.4) is 0 Å². The Morgan fingerprint density at radius 1 is 1.47 bits per heavy atom. The van der Waals surface area contributed by atoms with E-state index < -0.39 is 0 Å². The summed E-state index contributed by atoms with van der Waals surface area (Å²) >= 11 is 1.74. The van der Waals surface area contributed by atoms with Crippen LogP contribution in [0, 0.1) is 5.41 Å². The van der Waals surface area contributed by atoms with E-state index in [1.807, 2.05) is 11.6 Å². The summed E-state index contributed by atoms with van der Waals surface area (Å²) in [5.74, 6) is 0. The predicted molar refractivity (Wildman–Crippen MR) is 65.0 cm³/mol.